The Kier molecular flexibility index (Phi) is 2.19. The molecular weight excluding hydrogens is 284 g/mol. The summed E-state index contributed by atoms with van der Waals surface area (Å²) in [5, 5.41) is 1.78. The van der Waals surface area contributed by atoms with Gasteiger partial charge in [-0.1, -0.05) is 23.7 Å². The van der Waals surface area contributed by atoms with Crippen molar-refractivity contribution in [3.05, 3.63) is 39.1 Å². The van der Waals surface area contributed by atoms with Gasteiger partial charge in [-0.05, 0) is 34.7 Å². The van der Waals surface area contributed by atoms with Gasteiger partial charge in [-0.15, -0.1) is 0 Å². The molecule has 0 aliphatic rings. The van der Waals surface area contributed by atoms with Crippen molar-refractivity contribution in [1.82, 2.24) is 4.98 Å². The first-order chi connectivity index (χ1) is 5.77. The maximum Gasteiger partial charge on any atom is 0.0836 e. The fourth-order valence-electron chi connectivity index (χ4n) is 1.10. The zero-order chi connectivity index (χ0) is 8.55. The second kappa shape index (κ2) is 3.18. The monoisotopic (exact) mass is 289 g/mol. The van der Waals surface area contributed by atoms with E-state index in [1.165, 1.54) is 0 Å². The number of fused-ring (bicyclic) bond motifs is 1. The Labute approximate surface area is 88.9 Å². The van der Waals surface area contributed by atoms with Gasteiger partial charge in [-0.25, -0.2) is 0 Å². The molecule has 0 amide bonds. The van der Waals surface area contributed by atoms with Crippen LogP contribution in [0.15, 0.2) is 30.5 Å². The largest absolute Gasteiger partial charge is 0.254 e. The summed E-state index contributed by atoms with van der Waals surface area (Å²) < 4.78 is 1.15. The number of para-hydroxylation sites is 1. The van der Waals surface area contributed by atoms with Crippen LogP contribution in [0.4, 0.5) is 0 Å². The zero-order valence-electron chi connectivity index (χ0n) is 6.09. The number of benzene rings is 1. The highest BCUT2D eigenvalue weighted by Crippen LogP contribution is 2.20. The van der Waals surface area contributed by atoms with Crippen molar-refractivity contribution in [2.75, 3.05) is 0 Å². The Morgan fingerprint density at radius 2 is 2.17 bits per heavy atom. The number of halogens is 2. The Morgan fingerprint density at radius 3 is 3.00 bits per heavy atom. The molecule has 1 nitrogen and oxygen atoms in total. The van der Waals surface area contributed by atoms with Gasteiger partial charge in [-0.3, -0.25) is 4.98 Å². The van der Waals surface area contributed by atoms with E-state index in [4.69, 9.17) is 11.6 Å². The van der Waals surface area contributed by atoms with Crippen LogP contribution in [0.5, 0.6) is 0 Å². The molecule has 0 bridgehead atoms. The predicted molar refractivity (Wildman–Crippen MR) is 59.5 cm³/mol. The predicted octanol–water partition coefficient (Wildman–Crippen LogP) is 3.49. The third-order valence-corrected chi connectivity index (χ3v) is 2.71. The van der Waals surface area contributed by atoms with Crippen molar-refractivity contribution >= 4 is 45.1 Å². The number of hydrogen-bond donors (Lipinski definition) is 0. The van der Waals surface area contributed by atoms with Crippen LogP contribution < -0.4 is 0 Å². The van der Waals surface area contributed by atoms with E-state index >= 15 is 0 Å². The molecule has 0 atom stereocenters. The molecule has 0 aliphatic carbocycles. The molecule has 0 saturated heterocycles. The van der Waals surface area contributed by atoms with Crippen molar-refractivity contribution in [2.45, 2.75) is 0 Å². The first-order valence-electron chi connectivity index (χ1n) is 3.47. The Balaban J connectivity index is 2.86. The molecule has 2 aromatic rings. The summed E-state index contributed by atoms with van der Waals surface area (Å²) in [4.78, 5) is 4.24. The lowest BCUT2D eigenvalue weighted by atomic mass is 10.2. The smallest absolute Gasteiger partial charge is 0.0836 e. The van der Waals surface area contributed by atoms with Crippen molar-refractivity contribution in [3.8, 4) is 0 Å². The van der Waals surface area contributed by atoms with E-state index in [-0.39, 0.29) is 0 Å². The van der Waals surface area contributed by atoms with Gasteiger partial charge >= 0.3 is 0 Å². The lowest BCUT2D eigenvalue weighted by Crippen LogP contribution is -1.81. The number of hydrogen-bond acceptors (Lipinski definition) is 1. The van der Waals surface area contributed by atoms with E-state index in [0.29, 0.717) is 5.02 Å². The van der Waals surface area contributed by atoms with Crippen LogP contribution in [0.25, 0.3) is 10.9 Å². The molecule has 3 heteroatoms. The normalized spacial score (nSPS) is 10.5. The minimum Gasteiger partial charge on any atom is -0.254 e. The number of nitrogens with zero attached hydrogens (tertiary/aromatic N) is 1. The summed E-state index contributed by atoms with van der Waals surface area (Å²) in [6, 6.07) is 7.97. The van der Waals surface area contributed by atoms with Gasteiger partial charge in [0.2, 0.25) is 0 Å². The number of pyridine rings is 1. The molecule has 0 unspecified atom stereocenters. The van der Waals surface area contributed by atoms with E-state index in [2.05, 4.69) is 27.6 Å². The van der Waals surface area contributed by atoms with Crippen LogP contribution >= 0.6 is 34.2 Å². The van der Waals surface area contributed by atoms with Crippen LogP contribution in [-0.4, -0.2) is 4.98 Å². The molecule has 0 fully saturated rings. The zero-order valence-corrected chi connectivity index (χ0v) is 9.00. The highest BCUT2D eigenvalue weighted by Gasteiger charge is 1.98. The fraction of sp³-hybridized carbons (Fsp3) is 0. The van der Waals surface area contributed by atoms with E-state index in [0.717, 1.165) is 14.5 Å². The standard InChI is InChI=1S/C9H5ClIN/c10-7-4-6-2-1-3-8(11)9(6)12-5-7/h1-5H. The second-order valence-electron chi connectivity index (χ2n) is 2.47. The molecule has 0 radical (unpaired) electrons. The fourth-order valence-corrected chi connectivity index (χ4v) is 1.92. The van der Waals surface area contributed by atoms with Crippen molar-refractivity contribution in [3.63, 3.8) is 0 Å². The topological polar surface area (TPSA) is 12.9 Å². The van der Waals surface area contributed by atoms with Gasteiger partial charge in [0.1, 0.15) is 0 Å². The average molecular weight is 290 g/mol. The number of rotatable bonds is 0. The van der Waals surface area contributed by atoms with Crippen LogP contribution in [0.3, 0.4) is 0 Å². The summed E-state index contributed by atoms with van der Waals surface area (Å²) in [6.07, 6.45) is 1.67. The number of aromatic nitrogens is 1. The highest BCUT2D eigenvalue weighted by molar-refractivity contribution is 14.1. The Bertz CT molecular complexity index is 428. The molecule has 12 heavy (non-hydrogen) atoms. The van der Waals surface area contributed by atoms with Gasteiger partial charge in [-0.2, -0.15) is 0 Å². The average Bonchev–Trinajstić information content (AvgIpc) is 2.04. The second-order valence-corrected chi connectivity index (χ2v) is 4.06. The van der Waals surface area contributed by atoms with E-state index in [1.54, 1.807) is 6.20 Å². The lowest BCUT2D eigenvalue weighted by Gasteiger charge is -1.98. The molecule has 60 valence electrons. The van der Waals surface area contributed by atoms with Crippen LogP contribution in [0, 0.1) is 3.57 Å². The van der Waals surface area contributed by atoms with Gasteiger partial charge < -0.3 is 0 Å². The molecule has 1 aromatic heterocycles. The quantitative estimate of drug-likeness (QED) is 0.677. The van der Waals surface area contributed by atoms with Crippen molar-refractivity contribution in [1.29, 1.82) is 0 Å². The molecule has 0 saturated carbocycles. The molecule has 1 aromatic carbocycles. The van der Waals surface area contributed by atoms with Gasteiger partial charge in [0.05, 0.1) is 10.5 Å². The molecule has 1 heterocycles. The molecule has 0 spiro atoms. The van der Waals surface area contributed by atoms with Crippen molar-refractivity contribution < 1.29 is 0 Å². The summed E-state index contributed by atoms with van der Waals surface area (Å²) in [5.41, 5.74) is 1.02. The van der Waals surface area contributed by atoms with E-state index < -0.39 is 0 Å². The maximum absolute atomic E-state index is 5.81. The summed E-state index contributed by atoms with van der Waals surface area (Å²) in [7, 11) is 0. The minimum atomic E-state index is 0.685. The first kappa shape index (κ1) is 8.26. The first-order valence-corrected chi connectivity index (χ1v) is 4.93. The summed E-state index contributed by atoms with van der Waals surface area (Å²) in [5.74, 6) is 0. The summed E-state index contributed by atoms with van der Waals surface area (Å²) in [6.45, 7) is 0. The Morgan fingerprint density at radius 1 is 1.33 bits per heavy atom. The Hall–Kier alpha value is -0.350. The van der Waals surface area contributed by atoms with Crippen LogP contribution in [0.1, 0.15) is 0 Å². The lowest BCUT2D eigenvalue weighted by molar-refractivity contribution is 1.40. The minimum absolute atomic E-state index is 0.685. The van der Waals surface area contributed by atoms with Gasteiger partial charge in [0.15, 0.2) is 0 Å². The van der Waals surface area contributed by atoms with E-state index in [1.807, 2.05) is 24.3 Å². The molecule has 0 N–H and O–H groups in total. The molecule has 0 aliphatic heterocycles. The van der Waals surface area contributed by atoms with Crippen molar-refractivity contribution in [2.24, 2.45) is 0 Å². The molecular formula is C9H5ClIN. The SMILES string of the molecule is Clc1cnc2c(I)cccc2c1. The van der Waals surface area contributed by atoms with E-state index in [9.17, 15) is 0 Å². The molecule has 2 rings (SSSR count). The third kappa shape index (κ3) is 1.41. The van der Waals surface area contributed by atoms with Crippen LogP contribution in [-0.2, 0) is 0 Å². The van der Waals surface area contributed by atoms with Crippen LogP contribution in [0.2, 0.25) is 5.02 Å². The highest BCUT2D eigenvalue weighted by atomic mass is 127. The maximum atomic E-state index is 5.81. The third-order valence-electron chi connectivity index (χ3n) is 1.63. The summed E-state index contributed by atoms with van der Waals surface area (Å²) >= 11 is 8.07. The van der Waals surface area contributed by atoms with Gasteiger partial charge in [0, 0.05) is 15.2 Å². The van der Waals surface area contributed by atoms with Gasteiger partial charge in [0.25, 0.3) is 0 Å².